The maximum Gasteiger partial charge on any atom is 0.342 e. The van der Waals surface area contributed by atoms with Crippen molar-refractivity contribution in [2.45, 2.75) is 20.0 Å². The van der Waals surface area contributed by atoms with Crippen molar-refractivity contribution in [3.63, 3.8) is 0 Å². The molecule has 2 rings (SSSR count). The van der Waals surface area contributed by atoms with E-state index in [4.69, 9.17) is 4.74 Å². The van der Waals surface area contributed by atoms with Crippen molar-refractivity contribution in [2.75, 3.05) is 5.32 Å². The lowest BCUT2D eigenvalue weighted by Gasteiger charge is -2.15. The van der Waals surface area contributed by atoms with E-state index in [-0.39, 0.29) is 17.1 Å². The number of ether oxygens (including phenoxy) is 1. The number of rotatable bonds is 5. The van der Waals surface area contributed by atoms with Gasteiger partial charge in [-0.2, -0.15) is 0 Å². The highest BCUT2D eigenvalue weighted by molar-refractivity contribution is 9.10. The van der Waals surface area contributed by atoms with Crippen LogP contribution in [0.5, 0.6) is 5.75 Å². The second-order valence-electron chi connectivity index (χ2n) is 5.30. The quantitative estimate of drug-likeness (QED) is 0.585. The number of benzene rings is 2. The Bertz CT molecular complexity index is 834. The predicted octanol–water partition coefficient (Wildman–Crippen LogP) is 3.54. The number of carbonyl (C=O) groups excluding carboxylic acids is 3. The van der Waals surface area contributed by atoms with Gasteiger partial charge in [0, 0.05) is 10.0 Å². The molecule has 1 amide bonds. The van der Waals surface area contributed by atoms with Crippen LogP contribution in [0.3, 0.4) is 0 Å². The van der Waals surface area contributed by atoms with Crippen LogP contribution < -0.4 is 5.32 Å². The van der Waals surface area contributed by atoms with Crippen LogP contribution in [0, 0.1) is 0 Å². The van der Waals surface area contributed by atoms with E-state index >= 15 is 0 Å². The summed E-state index contributed by atoms with van der Waals surface area (Å²) in [5.74, 6) is -1.86. The van der Waals surface area contributed by atoms with Crippen LogP contribution in [0.15, 0.2) is 46.9 Å². The molecule has 0 unspecified atom stereocenters. The number of anilines is 1. The second kappa shape index (κ2) is 7.94. The van der Waals surface area contributed by atoms with Crippen molar-refractivity contribution in [3.05, 3.63) is 58.1 Å². The van der Waals surface area contributed by atoms with Crippen LogP contribution in [0.2, 0.25) is 0 Å². The molecule has 0 aromatic heterocycles. The fourth-order valence-corrected chi connectivity index (χ4v) is 2.44. The molecular formula is C18H16BrNO5. The number of phenolic OH excluding ortho intramolecular Hbond substituents is 1. The zero-order valence-electron chi connectivity index (χ0n) is 13.6. The zero-order chi connectivity index (χ0) is 18.6. The number of amides is 1. The number of nitrogens with one attached hydrogen (secondary N) is 1. The van der Waals surface area contributed by atoms with Crippen molar-refractivity contribution in [3.8, 4) is 5.75 Å². The fourth-order valence-electron chi connectivity index (χ4n) is 2.08. The van der Waals surface area contributed by atoms with Gasteiger partial charge in [0.15, 0.2) is 11.9 Å². The highest BCUT2D eigenvalue weighted by Gasteiger charge is 2.22. The van der Waals surface area contributed by atoms with Gasteiger partial charge in [0.1, 0.15) is 11.3 Å². The summed E-state index contributed by atoms with van der Waals surface area (Å²) in [5.41, 5.74) is 0.644. The molecule has 7 heteroatoms. The molecule has 2 N–H and O–H groups in total. The molecule has 2 aromatic rings. The van der Waals surface area contributed by atoms with Gasteiger partial charge in [-0.15, -0.1) is 0 Å². The molecular weight excluding hydrogens is 390 g/mol. The van der Waals surface area contributed by atoms with Crippen LogP contribution in [0.25, 0.3) is 0 Å². The number of halogens is 1. The van der Waals surface area contributed by atoms with Gasteiger partial charge < -0.3 is 15.2 Å². The Morgan fingerprint density at radius 1 is 1.12 bits per heavy atom. The molecule has 1 atom stereocenters. The molecule has 0 aliphatic rings. The Labute approximate surface area is 152 Å². The van der Waals surface area contributed by atoms with Gasteiger partial charge in [0.05, 0.1) is 5.69 Å². The lowest BCUT2D eigenvalue weighted by molar-refractivity contribution is -0.123. The molecule has 0 aliphatic carbocycles. The summed E-state index contributed by atoms with van der Waals surface area (Å²) < 4.78 is 5.68. The van der Waals surface area contributed by atoms with E-state index in [9.17, 15) is 19.5 Å². The van der Waals surface area contributed by atoms with Crippen LogP contribution in [0.1, 0.15) is 34.6 Å². The maximum absolute atomic E-state index is 12.2. The average molecular weight is 406 g/mol. The number of para-hydroxylation sites is 1. The lowest BCUT2D eigenvalue weighted by atomic mass is 10.1. The largest absolute Gasteiger partial charge is 0.507 e. The van der Waals surface area contributed by atoms with Gasteiger partial charge in [0.2, 0.25) is 0 Å². The van der Waals surface area contributed by atoms with Crippen molar-refractivity contribution < 1.29 is 24.2 Å². The first kappa shape index (κ1) is 18.7. The van der Waals surface area contributed by atoms with Gasteiger partial charge in [-0.1, -0.05) is 28.1 Å². The first-order valence-corrected chi connectivity index (χ1v) is 8.19. The van der Waals surface area contributed by atoms with E-state index in [1.54, 1.807) is 30.3 Å². The van der Waals surface area contributed by atoms with Crippen molar-refractivity contribution in [2.24, 2.45) is 0 Å². The minimum Gasteiger partial charge on any atom is -0.507 e. The summed E-state index contributed by atoms with van der Waals surface area (Å²) in [4.78, 5) is 35.9. The standard InChI is InChI=1S/C18H16BrNO5/c1-10(21)13-5-3-4-6-15(13)20-17(23)11(2)25-18(24)14-9-12(19)7-8-16(14)22/h3-9,11,22H,1-2H3,(H,20,23)/t11-/m0/s1. The van der Waals surface area contributed by atoms with Gasteiger partial charge in [-0.25, -0.2) is 4.79 Å². The Balaban J connectivity index is 2.09. The minimum atomic E-state index is -1.12. The monoisotopic (exact) mass is 405 g/mol. The first-order valence-electron chi connectivity index (χ1n) is 7.40. The molecule has 0 aliphatic heterocycles. The van der Waals surface area contributed by atoms with Crippen LogP contribution in [-0.4, -0.2) is 28.9 Å². The highest BCUT2D eigenvalue weighted by Crippen LogP contribution is 2.23. The molecule has 6 nitrogen and oxygen atoms in total. The van der Waals surface area contributed by atoms with Gasteiger partial charge in [0.25, 0.3) is 5.91 Å². The number of carbonyl (C=O) groups is 3. The van der Waals surface area contributed by atoms with E-state index in [0.717, 1.165) is 0 Å². The van der Waals surface area contributed by atoms with E-state index in [1.807, 2.05) is 0 Å². The van der Waals surface area contributed by atoms with Crippen LogP contribution in [0.4, 0.5) is 5.69 Å². The minimum absolute atomic E-state index is 0.0573. The Hall–Kier alpha value is -2.67. The lowest BCUT2D eigenvalue weighted by Crippen LogP contribution is -2.30. The molecule has 0 saturated carbocycles. The smallest absolute Gasteiger partial charge is 0.342 e. The van der Waals surface area contributed by atoms with Crippen molar-refractivity contribution in [1.29, 1.82) is 0 Å². The molecule has 0 bridgehead atoms. The van der Waals surface area contributed by atoms with Crippen molar-refractivity contribution >= 4 is 39.3 Å². The molecule has 0 spiro atoms. The van der Waals surface area contributed by atoms with Crippen LogP contribution >= 0.6 is 15.9 Å². The average Bonchev–Trinajstić information content (AvgIpc) is 2.57. The summed E-state index contributed by atoms with van der Waals surface area (Å²) in [6.45, 7) is 2.79. The summed E-state index contributed by atoms with van der Waals surface area (Å²) in [5, 5.41) is 12.3. The van der Waals surface area contributed by atoms with Gasteiger partial charge >= 0.3 is 5.97 Å². The second-order valence-corrected chi connectivity index (χ2v) is 6.22. The molecule has 0 heterocycles. The number of aromatic hydroxyl groups is 1. The summed E-state index contributed by atoms with van der Waals surface area (Å²) in [6.07, 6.45) is -1.12. The summed E-state index contributed by atoms with van der Waals surface area (Å²) >= 11 is 3.20. The topological polar surface area (TPSA) is 92.7 Å². The third kappa shape index (κ3) is 4.67. The number of esters is 1. The van der Waals surface area contributed by atoms with Gasteiger partial charge in [-0.3, -0.25) is 9.59 Å². The number of phenols is 1. The summed E-state index contributed by atoms with van der Waals surface area (Å²) in [6, 6.07) is 10.9. The third-order valence-electron chi connectivity index (χ3n) is 3.40. The molecule has 0 radical (unpaired) electrons. The zero-order valence-corrected chi connectivity index (χ0v) is 15.2. The van der Waals surface area contributed by atoms with Gasteiger partial charge in [-0.05, 0) is 44.2 Å². The normalized spacial score (nSPS) is 11.5. The summed E-state index contributed by atoms with van der Waals surface area (Å²) in [7, 11) is 0. The SMILES string of the molecule is CC(=O)c1ccccc1NC(=O)[C@H](C)OC(=O)c1cc(Br)ccc1O. The third-order valence-corrected chi connectivity index (χ3v) is 3.89. The van der Waals surface area contributed by atoms with E-state index in [1.165, 1.54) is 26.0 Å². The molecule has 0 saturated heterocycles. The van der Waals surface area contributed by atoms with E-state index < -0.39 is 18.0 Å². The van der Waals surface area contributed by atoms with E-state index in [2.05, 4.69) is 21.2 Å². The van der Waals surface area contributed by atoms with Crippen molar-refractivity contribution in [1.82, 2.24) is 0 Å². The number of ketones is 1. The fraction of sp³-hybridized carbons (Fsp3) is 0.167. The maximum atomic E-state index is 12.2. The molecule has 25 heavy (non-hydrogen) atoms. The molecule has 130 valence electrons. The Morgan fingerprint density at radius 2 is 1.80 bits per heavy atom. The van der Waals surface area contributed by atoms with Crippen LogP contribution in [-0.2, 0) is 9.53 Å². The number of hydrogen-bond donors (Lipinski definition) is 2. The Kier molecular flexibility index (Phi) is 5.93. The Morgan fingerprint density at radius 3 is 2.48 bits per heavy atom. The van der Waals surface area contributed by atoms with E-state index in [0.29, 0.717) is 15.7 Å². The number of hydrogen-bond acceptors (Lipinski definition) is 5. The highest BCUT2D eigenvalue weighted by atomic mass is 79.9. The number of Topliss-reactive ketones (excluding diaryl/α,β-unsaturated/α-hetero) is 1. The first-order chi connectivity index (χ1) is 11.8. The predicted molar refractivity (Wildman–Crippen MR) is 95.8 cm³/mol. The molecule has 2 aromatic carbocycles. The molecule has 0 fully saturated rings.